The molecule has 0 aliphatic rings. The Kier molecular flexibility index (Phi) is 3.85. The third-order valence-corrected chi connectivity index (χ3v) is 1.60. The summed E-state index contributed by atoms with van der Waals surface area (Å²) >= 11 is 0. The number of carbonyl (C=O) groups is 1. The summed E-state index contributed by atoms with van der Waals surface area (Å²) in [5.74, 6) is -0.326. The highest BCUT2D eigenvalue weighted by atomic mass is 19.1. The van der Waals surface area contributed by atoms with Crippen molar-refractivity contribution in [1.29, 1.82) is 0 Å². The Morgan fingerprint density at radius 1 is 1.43 bits per heavy atom. The number of ether oxygens (including phenoxy) is 1. The molecule has 0 bridgehead atoms. The molecule has 0 radical (unpaired) electrons. The van der Waals surface area contributed by atoms with Crippen LogP contribution < -0.4 is 4.74 Å². The van der Waals surface area contributed by atoms with Crippen LogP contribution in [0.15, 0.2) is 36.9 Å². The van der Waals surface area contributed by atoms with Gasteiger partial charge < -0.3 is 4.74 Å². The molecule has 0 saturated carbocycles. The lowest BCUT2D eigenvalue weighted by Gasteiger charge is -2.02. The lowest BCUT2D eigenvalue weighted by Crippen LogP contribution is -2.06. The molecule has 0 atom stereocenters. The van der Waals surface area contributed by atoms with Crippen molar-refractivity contribution in [2.45, 2.75) is 12.8 Å². The van der Waals surface area contributed by atoms with Gasteiger partial charge in [-0.25, -0.2) is 4.39 Å². The van der Waals surface area contributed by atoms with E-state index in [9.17, 15) is 9.18 Å². The maximum absolute atomic E-state index is 12.5. The summed E-state index contributed by atoms with van der Waals surface area (Å²) in [7, 11) is 0. The number of rotatable bonds is 4. The minimum atomic E-state index is -0.351. The molecule has 0 unspecified atom stereocenters. The fourth-order valence-corrected chi connectivity index (χ4v) is 0.905. The van der Waals surface area contributed by atoms with Crippen molar-refractivity contribution >= 4 is 5.97 Å². The van der Waals surface area contributed by atoms with E-state index in [0.29, 0.717) is 18.6 Å². The number of hydrogen-bond donors (Lipinski definition) is 0. The third kappa shape index (κ3) is 3.39. The second-order valence-electron chi connectivity index (χ2n) is 2.76. The Morgan fingerprint density at radius 3 is 2.64 bits per heavy atom. The molecule has 3 heteroatoms. The van der Waals surface area contributed by atoms with Gasteiger partial charge in [-0.3, -0.25) is 4.79 Å². The first-order valence-corrected chi connectivity index (χ1v) is 4.29. The van der Waals surface area contributed by atoms with Crippen LogP contribution in [0.25, 0.3) is 0 Å². The van der Waals surface area contributed by atoms with Gasteiger partial charge in [-0.05, 0) is 30.7 Å². The first-order valence-electron chi connectivity index (χ1n) is 4.29. The van der Waals surface area contributed by atoms with Gasteiger partial charge in [-0.15, -0.1) is 6.58 Å². The average Bonchev–Trinajstić information content (AvgIpc) is 2.18. The Bertz CT molecular complexity index is 317. The molecule has 0 amide bonds. The standard InChI is InChI=1S/C11H11FO2/c1-2-3-4-11(13)14-10-7-5-9(12)6-8-10/h2,5-8H,1,3-4H2. The van der Waals surface area contributed by atoms with Crippen LogP contribution in [-0.4, -0.2) is 5.97 Å². The average molecular weight is 194 g/mol. The summed E-state index contributed by atoms with van der Waals surface area (Å²) < 4.78 is 17.4. The summed E-state index contributed by atoms with van der Waals surface area (Å²) in [6.45, 7) is 3.49. The molecule has 14 heavy (non-hydrogen) atoms. The predicted octanol–water partition coefficient (Wildman–Crippen LogP) is 2.70. The summed E-state index contributed by atoms with van der Waals surface area (Å²) in [6.07, 6.45) is 2.52. The molecule has 74 valence electrons. The Hall–Kier alpha value is -1.64. The summed E-state index contributed by atoms with van der Waals surface area (Å²) in [5, 5.41) is 0. The molecule has 0 aliphatic carbocycles. The second-order valence-corrected chi connectivity index (χ2v) is 2.76. The minimum Gasteiger partial charge on any atom is -0.427 e. The molecule has 1 aromatic rings. The quantitative estimate of drug-likeness (QED) is 0.418. The fraction of sp³-hybridized carbons (Fsp3) is 0.182. The van der Waals surface area contributed by atoms with E-state index in [1.165, 1.54) is 24.3 Å². The van der Waals surface area contributed by atoms with Gasteiger partial charge in [0.25, 0.3) is 0 Å². The molecule has 0 aromatic heterocycles. The van der Waals surface area contributed by atoms with Crippen LogP contribution in [0.1, 0.15) is 12.8 Å². The SMILES string of the molecule is C=CCCC(=O)Oc1ccc(F)cc1. The van der Waals surface area contributed by atoms with Crippen molar-refractivity contribution in [2.24, 2.45) is 0 Å². The monoisotopic (exact) mass is 194 g/mol. The van der Waals surface area contributed by atoms with Crippen LogP contribution in [-0.2, 0) is 4.79 Å². The zero-order valence-corrected chi connectivity index (χ0v) is 7.70. The number of carbonyl (C=O) groups excluding carboxylic acids is 1. The van der Waals surface area contributed by atoms with Crippen LogP contribution in [0.2, 0.25) is 0 Å². The predicted molar refractivity (Wildman–Crippen MR) is 51.5 cm³/mol. The smallest absolute Gasteiger partial charge is 0.311 e. The van der Waals surface area contributed by atoms with E-state index < -0.39 is 0 Å². The summed E-state index contributed by atoms with van der Waals surface area (Å²) in [4.78, 5) is 11.1. The van der Waals surface area contributed by atoms with E-state index >= 15 is 0 Å². The summed E-state index contributed by atoms with van der Waals surface area (Å²) in [5.41, 5.74) is 0. The van der Waals surface area contributed by atoms with Crippen molar-refractivity contribution in [1.82, 2.24) is 0 Å². The van der Waals surface area contributed by atoms with Gasteiger partial charge in [0.05, 0.1) is 0 Å². The van der Waals surface area contributed by atoms with Gasteiger partial charge in [0.1, 0.15) is 11.6 Å². The van der Waals surface area contributed by atoms with Crippen molar-refractivity contribution in [3.05, 3.63) is 42.7 Å². The number of halogens is 1. The first kappa shape index (κ1) is 10.4. The van der Waals surface area contributed by atoms with Crippen molar-refractivity contribution in [3.63, 3.8) is 0 Å². The molecule has 1 aromatic carbocycles. The van der Waals surface area contributed by atoms with Crippen LogP contribution in [0, 0.1) is 5.82 Å². The highest BCUT2D eigenvalue weighted by Gasteiger charge is 2.02. The number of hydrogen-bond acceptors (Lipinski definition) is 2. The van der Waals surface area contributed by atoms with Gasteiger partial charge in [0.2, 0.25) is 0 Å². The molecule has 0 spiro atoms. The highest BCUT2D eigenvalue weighted by Crippen LogP contribution is 2.12. The zero-order chi connectivity index (χ0) is 10.4. The van der Waals surface area contributed by atoms with E-state index in [-0.39, 0.29) is 11.8 Å². The van der Waals surface area contributed by atoms with Crippen molar-refractivity contribution in [3.8, 4) is 5.75 Å². The van der Waals surface area contributed by atoms with E-state index in [4.69, 9.17) is 4.74 Å². The molecular formula is C11H11FO2. The van der Waals surface area contributed by atoms with Gasteiger partial charge in [0.15, 0.2) is 0 Å². The topological polar surface area (TPSA) is 26.3 Å². The fourth-order valence-electron chi connectivity index (χ4n) is 0.905. The van der Waals surface area contributed by atoms with Gasteiger partial charge in [-0.2, -0.15) is 0 Å². The minimum absolute atomic E-state index is 0.293. The molecule has 0 saturated heterocycles. The lowest BCUT2D eigenvalue weighted by atomic mass is 10.3. The normalized spacial score (nSPS) is 9.50. The molecule has 0 N–H and O–H groups in total. The van der Waals surface area contributed by atoms with E-state index in [1.54, 1.807) is 6.08 Å². The van der Waals surface area contributed by atoms with Crippen LogP contribution in [0.5, 0.6) is 5.75 Å². The second kappa shape index (κ2) is 5.17. The molecular weight excluding hydrogens is 183 g/mol. The Morgan fingerprint density at radius 2 is 2.07 bits per heavy atom. The van der Waals surface area contributed by atoms with E-state index in [0.717, 1.165) is 0 Å². The largest absolute Gasteiger partial charge is 0.427 e. The van der Waals surface area contributed by atoms with Gasteiger partial charge >= 0.3 is 5.97 Å². The maximum Gasteiger partial charge on any atom is 0.311 e. The lowest BCUT2D eigenvalue weighted by molar-refractivity contribution is -0.134. The van der Waals surface area contributed by atoms with E-state index in [2.05, 4.69) is 6.58 Å². The van der Waals surface area contributed by atoms with E-state index in [1.807, 2.05) is 0 Å². The third-order valence-electron chi connectivity index (χ3n) is 1.60. The van der Waals surface area contributed by atoms with Crippen LogP contribution in [0.4, 0.5) is 4.39 Å². The Balaban J connectivity index is 2.47. The van der Waals surface area contributed by atoms with Crippen LogP contribution >= 0.6 is 0 Å². The van der Waals surface area contributed by atoms with Crippen molar-refractivity contribution in [2.75, 3.05) is 0 Å². The molecule has 0 fully saturated rings. The number of esters is 1. The molecule has 0 heterocycles. The molecule has 2 nitrogen and oxygen atoms in total. The van der Waals surface area contributed by atoms with Gasteiger partial charge in [-0.1, -0.05) is 6.08 Å². The van der Waals surface area contributed by atoms with Crippen LogP contribution in [0.3, 0.4) is 0 Å². The number of allylic oxidation sites excluding steroid dienone is 1. The molecule has 0 aliphatic heterocycles. The maximum atomic E-state index is 12.5. The Labute approximate surface area is 82.0 Å². The summed E-state index contributed by atoms with van der Waals surface area (Å²) in [6, 6.07) is 5.33. The zero-order valence-electron chi connectivity index (χ0n) is 7.70. The van der Waals surface area contributed by atoms with Crippen molar-refractivity contribution < 1.29 is 13.9 Å². The highest BCUT2D eigenvalue weighted by molar-refractivity contribution is 5.72. The first-order chi connectivity index (χ1) is 6.72. The van der Waals surface area contributed by atoms with Gasteiger partial charge in [0, 0.05) is 6.42 Å². The number of benzene rings is 1. The molecule has 1 rings (SSSR count).